The molecule has 0 amide bonds. The molecule has 2 atom stereocenters. The van der Waals surface area contributed by atoms with Gasteiger partial charge in [-0.05, 0) is 32.0 Å². The van der Waals surface area contributed by atoms with E-state index in [1.54, 1.807) is 32.0 Å². The Morgan fingerprint density at radius 3 is 2.69 bits per heavy atom. The fourth-order valence-electron chi connectivity index (χ4n) is 1.84. The van der Waals surface area contributed by atoms with E-state index in [4.69, 9.17) is 10.00 Å². The molecule has 4 heteroatoms. The summed E-state index contributed by atoms with van der Waals surface area (Å²) in [5, 5.41) is 28.6. The van der Waals surface area contributed by atoms with Gasteiger partial charge in [0.2, 0.25) is 0 Å². The van der Waals surface area contributed by atoms with Gasteiger partial charge in [0.15, 0.2) is 0 Å². The summed E-state index contributed by atoms with van der Waals surface area (Å²) in [5.74, 6) is 0.516. The summed E-state index contributed by atoms with van der Waals surface area (Å²) in [6, 6.07) is 6.79. The van der Waals surface area contributed by atoms with Crippen molar-refractivity contribution < 1.29 is 14.9 Å². The van der Waals surface area contributed by atoms with Crippen molar-refractivity contribution in [2.75, 3.05) is 0 Å². The van der Waals surface area contributed by atoms with E-state index in [1.807, 2.05) is 6.07 Å². The molecule has 1 aromatic carbocycles. The number of fused-ring (bicyclic) bond motifs is 1. The van der Waals surface area contributed by atoms with E-state index >= 15 is 0 Å². The summed E-state index contributed by atoms with van der Waals surface area (Å²) < 4.78 is 5.58. The van der Waals surface area contributed by atoms with Crippen LogP contribution < -0.4 is 4.74 Å². The lowest BCUT2D eigenvalue weighted by molar-refractivity contribution is -0.111. The Morgan fingerprint density at radius 1 is 1.38 bits per heavy atom. The zero-order valence-corrected chi connectivity index (χ0v) is 9.14. The van der Waals surface area contributed by atoms with E-state index < -0.39 is 17.8 Å². The van der Waals surface area contributed by atoms with E-state index in [0.717, 1.165) is 0 Å². The third kappa shape index (κ3) is 1.54. The SMILES string of the molecule is CC1(C)Oc2ccc(C#N)cc2[C@@H](O)[C@H]1O. The molecule has 0 aliphatic carbocycles. The van der Waals surface area contributed by atoms with Crippen LogP contribution in [0.2, 0.25) is 0 Å². The first-order valence-electron chi connectivity index (χ1n) is 5.05. The van der Waals surface area contributed by atoms with Crippen LogP contribution in [0.1, 0.15) is 31.1 Å². The fourth-order valence-corrected chi connectivity index (χ4v) is 1.84. The van der Waals surface area contributed by atoms with Crippen LogP contribution in [0, 0.1) is 11.3 Å². The van der Waals surface area contributed by atoms with E-state index in [0.29, 0.717) is 16.9 Å². The highest BCUT2D eigenvalue weighted by Crippen LogP contribution is 2.39. The maximum Gasteiger partial charge on any atom is 0.132 e. The molecule has 2 N–H and O–H groups in total. The quantitative estimate of drug-likeness (QED) is 0.685. The topological polar surface area (TPSA) is 73.5 Å². The van der Waals surface area contributed by atoms with Crippen molar-refractivity contribution >= 4 is 0 Å². The maximum atomic E-state index is 9.95. The lowest BCUT2D eigenvalue weighted by Gasteiger charge is -2.40. The molecule has 1 aliphatic heterocycles. The molecule has 0 saturated heterocycles. The Morgan fingerprint density at radius 2 is 2.06 bits per heavy atom. The van der Waals surface area contributed by atoms with Crippen molar-refractivity contribution in [3.8, 4) is 11.8 Å². The van der Waals surface area contributed by atoms with Crippen molar-refractivity contribution in [2.45, 2.75) is 31.7 Å². The summed E-state index contributed by atoms with van der Waals surface area (Å²) in [6.07, 6.45) is -2.03. The maximum absolute atomic E-state index is 9.95. The van der Waals surface area contributed by atoms with Gasteiger partial charge in [0.25, 0.3) is 0 Å². The number of ether oxygens (including phenoxy) is 1. The number of nitriles is 1. The third-order valence-corrected chi connectivity index (χ3v) is 2.84. The minimum atomic E-state index is -1.02. The molecule has 0 fully saturated rings. The predicted octanol–water partition coefficient (Wildman–Crippen LogP) is 1.12. The Balaban J connectivity index is 2.52. The molecule has 16 heavy (non-hydrogen) atoms. The predicted molar refractivity (Wildman–Crippen MR) is 56.8 cm³/mol. The highest BCUT2D eigenvalue weighted by molar-refractivity contribution is 5.45. The molecule has 0 bridgehead atoms. The van der Waals surface area contributed by atoms with Gasteiger partial charge in [-0.3, -0.25) is 0 Å². The van der Waals surface area contributed by atoms with Gasteiger partial charge in [-0.2, -0.15) is 5.26 Å². The number of rotatable bonds is 0. The summed E-state index contributed by atoms with van der Waals surface area (Å²) in [6.45, 7) is 3.42. The van der Waals surface area contributed by atoms with Crippen molar-refractivity contribution in [1.29, 1.82) is 5.26 Å². The molecule has 1 heterocycles. The van der Waals surface area contributed by atoms with Gasteiger partial charge in [0.1, 0.15) is 23.6 Å². The number of hydrogen-bond donors (Lipinski definition) is 2. The zero-order chi connectivity index (χ0) is 11.9. The Kier molecular flexibility index (Phi) is 2.38. The standard InChI is InChI=1S/C12H13NO3/c1-12(2)11(15)10(14)8-5-7(6-13)3-4-9(8)16-12/h3-5,10-11,14-15H,1-2H3/t10-,11-/m1/s1. The second kappa shape index (κ2) is 3.48. The zero-order valence-electron chi connectivity index (χ0n) is 9.14. The van der Waals surface area contributed by atoms with Crippen LogP contribution in [0.4, 0.5) is 0 Å². The van der Waals surface area contributed by atoms with Crippen LogP contribution in [-0.2, 0) is 0 Å². The second-order valence-electron chi connectivity index (χ2n) is 4.46. The van der Waals surface area contributed by atoms with Crippen LogP contribution in [-0.4, -0.2) is 21.9 Å². The molecule has 84 valence electrons. The van der Waals surface area contributed by atoms with E-state index in [2.05, 4.69) is 0 Å². The minimum absolute atomic E-state index is 0.438. The molecule has 0 radical (unpaired) electrons. The molecule has 0 saturated carbocycles. The van der Waals surface area contributed by atoms with Gasteiger partial charge in [0.05, 0.1) is 11.6 Å². The number of hydrogen-bond acceptors (Lipinski definition) is 4. The molecular formula is C12H13NO3. The molecule has 2 rings (SSSR count). The average molecular weight is 219 g/mol. The minimum Gasteiger partial charge on any atom is -0.485 e. The van der Waals surface area contributed by atoms with E-state index in [1.165, 1.54) is 0 Å². The fraction of sp³-hybridized carbons (Fsp3) is 0.417. The normalized spacial score (nSPS) is 26.4. The van der Waals surface area contributed by atoms with Gasteiger partial charge in [-0.1, -0.05) is 0 Å². The lowest BCUT2D eigenvalue weighted by atomic mass is 9.88. The summed E-state index contributed by atoms with van der Waals surface area (Å²) >= 11 is 0. The lowest BCUT2D eigenvalue weighted by Crippen LogP contribution is -2.48. The molecule has 1 aromatic rings. The van der Waals surface area contributed by atoms with E-state index in [-0.39, 0.29) is 0 Å². The largest absolute Gasteiger partial charge is 0.485 e. The number of nitrogens with zero attached hydrogens (tertiary/aromatic N) is 1. The molecular weight excluding hydrogens is 206 g/mol. The Bertz CT molecular complexity index is 462. The van der Waals surface area contributed by atoms with Crippen LogP contribution in [0.5, 0.6) is 5.75 Å². The van der Waals surface area contributed by atoms with Crippen LogP contribution >= 0.6 is 0 Å². The summed E-state index contributed by atoms with van der Waals surface area (Å²) in [4.78, 5) is 0. The molecule has 0 spiro atoms. The summed E-state index contributed by atoms with van der Waals surface area (Å²) in [5.41, 5.74) is 0.0693. The highest BCUT2D eigenvalue weighted by atomic mass is 16.5. The van der Waals surface area contributed by atoms with Crippen molar-refractivity contribution in [1.82, 2.24) is 0 Å². The first kappa shape index (κ1) is 10.9. The van der Waals surface area contributed by atoms with Gasteiger partial charge in [-0.25, -0.2) is 0 Å². The smallest absolute Gasteiger partial charge is 0.132 e. The van der Waals surface area contributed by atoms with Gasteiger partial charge < -0.3 is 14.9 Å². The molecule has 0 aromatic heterocycles. The number of aliphatic hydroxyl groups is 2. The second-order valence-corrected chi connectivity index (χ2v) is 4.46. The first-order valence-corrected chi connectivity index (χ1v) is 5.05. The van der Waals surface area contributed by atoms with Crippen LogP contribution in [0.15, 0.2) is 18.2 Å². The average Bonchev–Trinajstić information content (AvgIpc) is 2.25. The summed E-state index contributed by atoms with van der Waals surface area (Å²) in [7, 11) is 0. The van der Waals surface area contributed by atoms with Crippen LogP contribution in [0.3, 0.4) is 0 Å². The van der Waals surface area contributed by atoms with Crippen molar-refractivity contribution in [3.63, 3.8) is 0 Å². The molecule has 4 nitrogen and oxygen atoms in total. The Hall–Kier alpha value is -1.57. The van der Waals surface area contributed by atoms with Crippen LogP contribution in [0.25, 0.3) is 0 Å². The molecule has 0 unspecified atom stereocenters. The third-order valence-electron chi connectivity index (χ3n) is 2.84. The highest BCUT2D eigenvalue weighted by Gasteiger charge is 2.42. The monoisotopic (exact) mass is 219 g/mol. The van der Waals surface area contributed by atoms with Gasteiger partial charge in [-0.15, -0.1) is 0 Å². The van der Waals surface area contributed by atoms with Gasteiger partial charge >= 0.3 is 0 Å². The van der Waals surface area contributed by atoms with Crippen molar-refractivity contribution in [2.24, 2.45) is 0 Å². The number of benzene rings is 1. The van der Waals surface area contributed by atoms with E-state index in [9.17, 15) is 10.2 Å². The Labute approximate surface area is 93.7 Å². The first-order chi connectivity index (χ1) is 7.45. The van der Waals surface area contributed by atoms with Gasteiger partial charge in [0, 0.05) is 5.56 Å². The molecule has 1 aliphatic rings. The van der Waals surface area contributed by atoms with Crippen molar-refractivity contribution in [3.05, 3.63) is 29.3 Å². The number of aliphatic hydroxyl groups excluding tert-OH is 2.